The molecular weight excluding hydrogens is 440 g/mol. The Balaban J connectivity index is 1.67. The van der Waals surface area contributed by atoms with Crippen LogP contribution in [0.5, 0.6) is 0 Å². The van der Waals surface area contributed by atoms with Crippen LogP contribution in [0.25, 0.3) is 5.57 Å². The number of carbonyl (C=O) groups is 2. The molecule has 0 radical (unpaired) electrons. The van der Waals surface area contributed by atoms with Crippen molar-refractivity contribution in [3.8, 4) is 0 Å². The molecule has 9 heteroatoms. The van der Waals surface area contributed by atoms with E-state index in [0.29, 0.717) is 22.1 Å². The van der Waals surface area contributed by atoms with Crippen molar-refractivity contribution in [3.05, 3.63) is 104 Å². The normalized spacial score (nSPS) is 13.9. The van der Waals surface area contributed by atoms with E-state index in [9.17, 15) is 19.7 Å². The summed E-state index contributed by atoms with van der Waals surface area (Å²) < 4.78 is 5.33. The van der Waals surface area contributed by atoms with Crippen molar-refractivity contribution < 1.29 is 18.9 Å². The highest BCUT2D eigenvalue weighted by atomic mass is 35.5. The second-order valence-electron chi connectivity index (χ2n) is 6.70. The third kappa shape index (κ3) is 4.40. The third-order valence-electron chi connectivity index (χ3n) is 4.69. The lowest BCUT2D eigenvalue weighted by atomic mass is 10.1. The monoisotopic (exact) mass is 454 g/mol. The van der Waals surface area contributed by atoms with E-state index in [2.05, 4.69) is 0 Å². The summed E-state index contributed by atoms with van der Waals surface area (Å²) in [6.45, 7) is 0.0934. The van der Waals surface area contributed by atoms with Crippen molar-refractivity contribution in [2.75, 3.05) is 0 Å². The molecule has 4 rings (SSSR count). The number of carbonyl (C=O) groups excluding carboxylic acids is 2. The highest BCUT2D eigenvalue weighted by Gasteiger charge is 2.39. The highest BCUT2D eigenvalue weighted by Crippen LogP contribution is 2.38. The van der Waals surface area contributed by atoms with E-state index in [0.717, 1.165) is 5.56 Å². The van der Waals surface area contributed by atoms with Crippen LogP contribution in [0.15, 0.2) is 76.2 Å². The first kappa shape index (κ1) is 20.9. The number of rotatable bonds is 7. The largest absolute Gasteiger partial charge is 0.468 e. The molecule has 0 saturated heterocycles. The summed E-state index contributed by atoms with van der Waals surface area (Å²) in [5.74, 6) is 0.171. The van der Waals surface area contributed by atoms with E-state index in [1.807, 2.05) is 0 Å². The van der Waals surface area contributed by atoms with E-state index in [1.165, 1.54) is 47.2 Å². The fourth-order valence-electron chi connectivity index (χ4n) is 3.15. The van der Waals surface area contributed by atoms with E-state index in [4.69, 9.17) is 16.0 Å². The molecule has 31 heavy (non-hydrogen) atoms. The number of nitro benzene ring substituents is 1. The topological polar surface area (TPSA) is 93.7 Å². The van der Waals surface area contributed by atoms with Gasteiger partial charge in [-0.3, -0.25) is 24.6 Å². The number of non-ortho nitro benzene ring substituents is 1. The zero-order chi connectivity index (χ0) is 22.0. The van der Waals surface area contributed by atoms with Crippen molar-refractivity contribution in [2.45, 2.75) is 12.3 Å². The Morgan fingerprint density at radius 1 is 1.00 bits per heavy atom. The van der Waals surface area contributed by atoms with Crippen molar-refractivity contribution in [2.24, 2.45) is 0 Å². The molecule has 7 nitrogen and oxygen atoms in total. The van der Waals surface area contributed by atoms with Gasteiger partial charge in [-0.25, -0.2) is 0 Å². The first-order chi connectivity index (χ1) is 14.9. The number of nitrogens with zero attached hydrogens (tertiary/aromatic N) is 2. The number of amides is 2. The minimum absolute atomic E-state index is 0.0934. The predicted molar refractivity (Wildman–Crippen MR) is 117 cm³/mol. The molecule has 2 aromatic carbocycles. The lowest BCUT2D eigenvalue weighted by molar-refractivity contribution is -0.384. The second kappa shape index (κ2) is 8.79. The van der Waals surface area contributed by atoms with Crippen LogP contribution >= 0.6 is 23.4 Å². The molecular formula is C22H15ClN2O5S. The van der Waals surface area contributed by atoms with Crippen LogP contribution in [0.2, 0.25) is 5.02 Å². The average Bonchev–Trinajstić information content (AvgIpc) is 3.36. The van der Waals surface area contributed by atoms with Crippen LogP contribution in [-0.4, -0.2) is 21.6 Å². The van der Waals surface area contributed by atoms with E-state index >= 15 is 0 Å². The van der Waals surface area contributed by atoms with Gasteiger partial charge in [0, 0.05) is 17.2 Å². The SMILES string of the molecule is O=C1C(SCc2ccco2)=C(c2ccc([N+](=O)[O-])cc2)C(=O)N1Cc1ccc(Cl)cc1. The van der Waals surface area contributed by atoms with Crippen LogP contribution in [0.3, 0.4) is 0 Å². The van der Waals surface area contributed by atoms with Gasteiger partial charge in [0.05, 0.1) is 34.0 Å². The Bertz CT molecular complexity index is 1170. The van der Waals surface area contributed by atoms with Gasteiger partial charge in [0.15, 0.2) is 0 Å². The molecule has 0 atom stereocenters. The summed E-state index contributed by atoms with van der Waals surface area (Å²) in [5.41, 5.74) is 1.34. The molecule has 2 amide bonds. The fraction of sp³-hybridized carbons (Fsp3) is 0.0909. The molecule has 156 valence electrons. The summed E-state index contributed by atoms with van der Waals surface area (Å²) >= 11 is 7.12. The highest BCUT2D eigenvalue weighted by molar-refractivity contribution is 8.03. The number of hydrogen-bond acceptors (Lipinski definition) is 6. The van der Waals surface area contributed by atoms with Gasteiger partial charge >= 0.3 is 0 Å². The number of imide groups is 1. The number of benzene rings is 2. The summed E-state index contributed by atoms with van der Waals surface area (Å²) in [5, 5.41) is 11.5. The molecule has 0 unspecified atom stereocenters. The van der Waals surface area contributed by atoms with Crippen LogP contribution < -0.4 is 0 Å². The van der Waals surface area contributed by atoms with Crippen molar-refractivity contribution >= 4 is 46.4 Å². The van der Waals surface area contributed by atoms with Gasteiger partial charge in [0.1, 0.15) is 5.76 Å². The molecule has 0 bridgehead atoms. The first-order valence-corrected chi connectivity index (χ1v) is 10.6. The van der Waals surface area contributed by atoms with Gasteiger partial charge in [0.25, 0.3) is 17.5 Å². The average molecular weight is 455 g/mol. The Kier molecular flexibility index (Phi) is 5.92. The lowest BCUT2D eigenvalue weighted by Crippen LogP contribution is -2.30. The smallest absolute Gasteiger partial charge is 0.269 e. The molecule has 0 spiro atoms. The molecule has 1 aliphatic rings. The van der Waals surface area contributed by atoms with Crippen molar-refractivity contribution in [1.29, 1.82) is 0 Å². The summed E-state index contributed by atoms with van der Waals surface area (Å²) in [4.78, 5) is 38.3. The number of furan rings is 1. The second-order valence-corrected chi connectivity index (χ2v) is 8.12. The first-order valence-electron chi connectivity index (χ1n) is 9.19. The van der Waals surface area contributed by atoms with Gasteiger partial charge in [-0.1, -0.05) is 23.7 Å². The molecule has 0 aliphatic carbocycles. The number of thioether (sulfide) groups is 1. The third-order valence-corrected chi connectivity index (χ3v) is 6.03. The van der Waals surface area contributed by atoms with Gasteiger partial charge < -0.3 is 4.42 Å². The fourth-order valence-corrected chi connectivity index (χ4v) is 4.31. The van der Waals surface area contributed by atoms with E-state index in [1.54, 1.807) is 36.4 Å². The zero-order valence-electron chi connectivity index (χ0n) is 16.0. The van der Waals surface area contributed by atoms with Crippen LogP contribution in [-0.2, 0) is 21.9 Å². The maximum absolute atomic E-state index is 13.2. The molecule has 1 aliphatic heterocycles. The van der Waals surface area contributed by atoms with Gasteiger partial charge in [-0.15, -0.1) is 11.8 Å². The number of hydrogen-bond donors (Lipinski definition) is 0. The van der Waals surface area contributed by atoms with Crippen LogP contribution in [0.1, 0.15) is 16.9 Å². The Hall–Kier alpha value is -3.36. The summed E-state index contributed by atoms with van der Waals surface area (Å²) in [7, 11) is 0. The predicted octanol–water partition coefficient (Wildman–Crippen LogP) is 5.05. The molecule has 0 saturated carbocycles. The van der Waals surface area contributed by atoms with Gasteiger partial charge in [-0.2, -0.15) is 0 Å². The molecule has 2 heterocycles. The lowest BCUT2D eigenvalue weighted by Gasteiger charge is -2.15. The Labute approximate surface area is 186 Å². The maximum atomic E-state index is 13.2. The molecule has 3 aromatic rings. The van der Waals surface area contributed by atoms with Crippen LogP contribution in [0.4, 0.5) is 5.69 Å². The van der Waals surface area contributed by atoms with Crippen molar-refractivity contribution in [3.63, 3.8) is 0 Å². The number of halogens is 1. The van der Waals surface area contributed by atoms with E-state index in [-0.39, 0.29) is 22.7 Å². The Morgan fingerprint density at radius 3 is 2.32 bits per heavy atom. The van der Waals surface area contributed by atoms with Gasteiger partial charge in [0.2, 0.25) is 0 Å². The maximum Gasteiger partial charge on any atom is 0.269 e. The summed E-state index contributed by atoms with van der Waals surface area (Å²) in [6, 6.07) is 16.0. The summed E-state index contributed by atoms with van der Waals surface area (Å²) in [6.07, 6.45) is 1.54. The zero-order valence-corrected chi connectivity index (χ0v) is 17.6. The van der Waals surface area contributed by atoms with Crippen molar-refractivity contribution in [1.82, 2.24) is 4.90 Å². The molecule has 0 N–H and O–H groups in total. The van der Waals surface area contributed by atoms with Gasteiger partial charge in [-0.05, 0) is 47.5 Å². The number of nitro groups is 1. The minimum atomic E-state index is -0.515. The van der Waals surface area contributed by atoms with E-state index < -0.39 is 16.7 Å². The standard InChI is InChI=1S/C22H15ClN2O5S/c23-16-7-3-14(4-8-16)12-24-21(26)19(15-5-9-17(10-6-15)25(28)29)20(22(24)27)31-13-18-2-1-11-30-18/h1-11H,12-13H2. The van der Waals surface area contributed by atoms with Crippen LogP contribution in [0, 0.1) is 10.1 Å². The molecule has 1 aromatic heterocycles. The molecule has 0 fully saturated rings. The quantitative estimate of drug-likeness (QED) is 0.281. The minimum Gasteiger partial charge on any atom is -0.468 e. The Morgan fingerprint density at radius 2 is 1.71 bits per heavy atom.